The molecule has 6 heteroatoms. The molecule has 3 aromatic rings. The van der Waals surface area contributed by atoms with Gasteiger partial charge >= 0.3 is 5.69 Å². The van der Waals surface area contributed by atoms with Crippen LogP contribution >= 0.6 is 23.2 Å². The summed E-state index contributed by atoms with van der Waals surface area (Å²) >= 11 is 12.1. The number of ether oxygens (including phenoxy) is 1. The number of H-pyrrole nitrogens is 1. The number of benzene rings is 2. The Morgan fingerprint density at radius 1 is 1.13 bits per heavy atom. The Bertz CT molecular complexity index is 882. The molecule has 1 heterocycles. The monoisotopic (exact) mass is 348 g/mol. The molecule has 1 N–H and O–H groups in total. The minimum absolute atomic E-state index is 0.229. The molecule has 0 saturated carbocycles. The third-order valence-corrected chi connectivity index (χ3v) is 3.91. The summed E-state index contributed by atoms with van der Waals surface area (Å²) in [5.74, 6) is 0.623. The summed E-state index contributed by atoms with van der Waals surface area (Å²) in [6.07, 6.45) is 1.73. The average Bonchev–Trinajstić information content (AvgIpc) is 2.92. The second-order valence-corrected chi connectivity index (χ2v) is 5.74. The second-order valence-electron chi connectivity index (χ2n) is 4.90. The summed E-state index contributed by atoms with van der Waals surface area (Å²) in [5.41, 5.74) is 1.99. The topological polar surface area (TPSA) is 47.0 Å². The summed E-state index contributed by atoms with van der Waals surface area (Å²) in [5, 5.41) is 1.13. The molecule has 0 unspecified atom stereocenters. The molecule has 23 heavy (non-hydrogen) atoms. The van der Waals surface area contributed by atoms with Crippen molar-refractivity contribution < 1.29 is 4.74 Å². The first-order valence-electron chi connectivity index (χ1n) is 7.09. The number of imidazole rings is 1. The van der Waals surface area contributed by atoms with Gasteiger partial charge in [0.15, 0.2) is 0 Å². The number of nitrogens with one attached hydrogen (secondary N) is 1. The van der Waals surface area contributed by atoms with E-state index in [0.29, 0.717) is 28.1 Å². The highest BCUT2D eigenvalue weighted by Gasteiger charge is 2.09. The summed E-state index contributed by atoms with van der Waals surface area (Å²) in [6, 6.07) is 12.5. The highest BCUT2D eigenvalue weighted by Crippen LogP contribution is 2.29. The van der Waals surface area contributed by atoms with Crippen LogP contribution < -0.4 is 10.4 Å². The Morgan fingerprint density at radius 3 is 2.52 bits per heavy atom. The van der Waals surface area contributed by atoms with Crippen LogP contribution in [0.5, 0.6) is 5.75 Å². The largest absolute Gasteiger partial charge is 0.492 e. The fourth-order valence-electron chi connectivity index (χ4n) is 2.28. The van der Waals surface area contributed by atoms with E-state index in [1.807, 2.05) is 13.0 Å². The van der Waals surface area contributed by atoms with Crippen molar-refractivity contribution >= 4 is 23.2 Å². The first kappa shape index (κ1) is 15.7. The second kappa shape index (κ2) is 6.52. The molecular weight excluding hydrogens is 335 g/mol. The van der Waals surface area contributed by atoms with Gasteiger partial charge in [0.2, 0.25) is 0 Å². The van der Waals surface area contributed by atoms with Gasteiger partial charge in [-0.25, -0.2) is 4.79 Å². The average molecular weight is 349 g/mol. The molecule has 1 aromatic heterocycles. The number of aromatic nitrogens is 2. The van der Waals surface area contributed by atoms with E-state index in [2.05, 4.69) is 4.98 Å². The fourth-order valence-corrected chi connectivity index (χ4v) is 2.64. The van der Waals surface area contributed by atoms with Crippen molar-refractivity contribution in [2.75, 3.05) is 6.61 Å². The first-order valence-corrected chi connectivity index (χ1v) is 7.84. The number of hydrogen-bond acceptors (Lipinski definition) is 2. The molecule has 0 fully saturated rings. The number of aromatic amines is 1. The lowest BCUT2D eigenvalue weighted by Crippen LogP contribution is -2.13. The van der Waals surface area contributed by atoms with E-state index in [-0.39, 0.29) is 5.69 Å². The maximum atomic E-state index is 12.2. The van der Waals surface area contributed by atoms with E-state index in [0.717, 1.165) is 11.3 Å². The van der Waals surface area contributed by atoms with E-state index >= 15 is 0 Å². The molecule has 0 aliphatic rings. The van der Waals surface area contributed by atoms with Gasteiger partial charge in [-0.05, 0) is 49.4 Å². The van der Waals surface area contributed by atoms with Gasteiger partial charge in [0.25, 0.3) is 0 Å². The van der Waals surface area contributed by atoms with Crippen LogP contribution in [0.25, 0.3) is 16.9 Å². The number of rotatable bonds is 4. The molecule has 0 radical (unpaired) electrons. The Balaban J connectivity index is 1.99. The van der Waals surface area contributed by atoms with E-state index < -0.39 is 0 Å². The van der Waals surface area contributed by atoms with Gasteiger partial charge in [-0.1, -0.05) is 23.2 Å². The van der Waals surface area contributed by atoms with E-state index in [4.69, 9.17) is 27.9 Å². The van der Waals surface area contributed by atoms with Gasteiger partial charge in [-0.3, -0.25) is 4.57 Å². The van der Waals surface area contributed by atoms with Crippen LogP contribution in [-0.4, -0.2) is 16.2 Å². The molecule has 2 aromatic carbocycles. The highest BCUT2D eigenvalue weighted by atomic mass is 35.5. The number of halogens is 2. The van der Waals surface area contributed by atoms with Gasteiger partial charge in [0.1, 0.15) is 5.75 Å². The van der Waals surface area contributed by atoms with Crippen molar-refractivity contribution in [1.29, 1.82) is 0 Å². The van der Waals surface area contributed by atoms with Crippen LogP contribution in [0, 0.1) is 0 Å². The van der Waals surface area contributed by atoms with Crippen molar-refractivity contribution in [2.45, 2.75) is 6.92 Å². The fraction of sp³-hybridized carbons (Fsp3) is 0.118. The zero-order valence-corrected chi connectivity index (χ0v) is 13.9. The smallest absolute Gasteiger partial charge is 0.330 e. The maximum absolute atomic E-state index is 12.2. The molecule has 0 spiro atoms. The van der Waals surface area contributed by atoms with Gasteiger partial charge in [0.05, 0.1) is 23.0 Å². The molecule has 4 nitrogen and oxygen atoms in total. The lowest BCUT2D eigenvalue weighted by atomic mass is 10.1. The van der Waals surface area contributed by atoms with E-state index in [9.17, 15) is 4.79 Å². The molecular formula is C17H14Cl2N2O2. The van der Waals surface area contributed by atoms with Gasteiger partial charge in [-0.15, -0.1) is 0 Å². The van der Waals surface area contributed by atoms with Crippen LogP contribution in [0.4, 0.5) is 0 Å². The third kappa shape index (κ3) is 3.28. The van der Waals surface area contributed by atoms with Crippen LogP contribution in [0.1, 0.15) is 6.92 Å². The summed E-state index contributed by atoms with van der Waals surface area (Å²) < 4.78 is 6.94. The lowest BCUT2D eigenvalue weighted by Gasteiger charge is -2.06. The Labute approximate surface area is 143 Å². The molecule has 0 bridgehead atoms. The number of hydrogen-bond donors (Lipinski definition) is 1. The summed E-state index contributed by atoms with van der Waals surface area (Å²) in [7, 11) is 0. The Morgan fingerprint density at radius 2 is 1.87 bits per heavy atom. The van der Waals surface area contributed by atoms with E-state index in [1.54, 1.807) is 42.6 Å². The van der Waals surface area contributed by atoms with Gasteiger partial charge in [-0.2, -0.15) is 0 Å². The lowest BCUT2D eigenvalue weighted by molar-refractivity contribution is 0.340. The SMILES string of the molecule is CCOc1ccc(-c2cn(-c3ccc(Cl)cc3)c(=O)[nH]2)cc1Cl. The third-order valence-electron chi connectivity index (χ3n) is 3.37. The molecule has 118 valence electrons. The Kier molecular flexibility index (Phi) is 4.46. The zero-order valence-electron chi connectivity index (χ0n) is 12.3. The van der Waals surface area contributed by atoms with Crippen LogP contribution in [0.3, 0.4) is 0 Å². The highest BCUT2D eigenvalue weighted by molar-refractivity contribution is 6.32. The van der Waals surface area contributed by atoms with Crippen LogP contribution in [0.15, 0.2) is 53.5 Å². The van der Waals surface area contributed by atoms with Gasteiger partial charge < -0.3 is 9.72 Å². The van der Waals surface area contributed by atoms with Gasteiger partial charge in [0, 0.05) is 16.8 Å². The van der Waals surface area contributed by atoms with Crippen molar-refractivity contribution in [3.8, 4) is 22.7 Å². The predicted octanol–water partition coefficient (Wildman–Crippen LogP) is 4.54. The summed E-state index contributed by atoms with van der Waals surface area (Å²) in [6.45, 7) is 2.44. The van der Waals surface area contributed by atoms with Crippen LogP contribution in [-0.2, 0) is 0 Å². The maximum Gasteiger partial charge on any atom is 0.330 e. The van der Waals surface area contributed by atoms with Crippen LogP contribution in [0.2, 0.25) is 10.0 Å². The molecule has 0 amide bonds. The molecule has 0 aliphatic heterocycles. The summed E-state index contributed by atoms with van der Waals surface area (Å²) in [4.78, 5) is 15.0. The minimum Gasteiger partial charge on any atom is -0.492 e. The van der Waals surface area contributed by atoms with Crippen molar-refractivity contribution in [1.82, 2.24) is 9.55 Å². The van der Waals surface area contributed by atoms with Crippen molar-refractivity contribution in [2.24, 2.45) is 0 Å². The normalized spacial score (nSPS) is 10.7. The standard InChI is InChI=1S/C17H14Cl2N2O2/c1-2-23-16-8-3-11(9-14(16)19)15-10-21(17(22)20-15)13-6-4-12(18)5-7-13/h3-10H,2H2,1H3,(H,20,22). The van der Waals surface area contributed by atoms with E-state index in [1.165, 1.54) is 4.57 Å². The van der Waals surface area contributed by atoms with Crippen molar-refractivity contribution in [3.05, 3.63) is 69.2 Å². The molecule has 0 saturated heterocycles. The molecule has 3 rings (SSSR count). The Hall–Kier alpha value is -2.17. The molecule has 0 aliphatic carbocycles. The first-order chi connectivity index (χ1) is 11.1. The number of nitrogens with zero attached hydrogens (tertiary/aromatic N) is 1. The minimum atomic E-state index is -0.229. The van der Waals surface area contributed by atoms with Crippen molar-refractivity contribution in [3.63, 3.8) is 0 Å². The zero-order chi connectivity index (χ0) is 16.4. The quantitative estimate of drug-likeness (QED) is 0.752. The predicted molar refractivity (Wildman–Crippen MR) is 93.0 cm³/mol. The molecule has 0 atom stereocenters.